The normalized spacial score (nSPS) is 11.9. The van der Waals surface area contributed by atoms with Gasteiger partial charge in [-0.15, -0.1) is 0 Å². The molecule has 0 fully saturated rings. The van der Waals surface area contributed by atoms with Crippen molar-refractivity contribution in [3.8, 4) is 0 Å². The first-order chi connectivity index (χ1) is 12.5. The van der Waals surface area contributed by atoms with Gasteiger partial charge in [0.05, 0.1) is 23.6 Å². The Labute approximate surface area is 159 Å². The number of esters is 1. The minimum absolute atomic E-state index is 0.0142. The van der Waals surface area contributed by atoms with Gasteiger partial charge in [-0.1, -0.05) is 23.7 Å². The summed E-state index contributed by atoms with van der Waals surface area (Å²) < 4.78 is 70.3. The number of benzene rings is 2. The van der Waals surface area contributed by atoms with Crippen LogP contribution in [0, 0.1) is 0 Å². The van der Waals surface area contributed by atoms with Gasteiger partial charge < -0.3 is 4.74 Å². The maximum atomic E-state index is 12.8. The SMILES string of the molecule is CCOC(=O)Cc1ccc(NS(=O)(=O)c2cc(C(F)(F)F)ccc2Cl)cc1. The topological polar surface area (TPSA) is 72.5 Å². The van der Waals surface area contributed by atoms with Crippen molar-refractivity contribution in [2.45, 2.75) is 24.4 Å². The molecule has 0 saturated carbocycles. The molecule has 0 aromatic heterocycles. The molecule has 0 saturated heterocycles. The second-order valence-electron chi connectivity index (χ2n) is 5.43. The molecule has 0 heterocycles. The molecule has 0 aliphatic heterocycles. The summed E-state index contributed by atoms with van der Waals surface area (Å²) in [6.45, 7) is 1.92. The average Bonchev–Trinajstić information content (AvgIpc) is 2.55. The fraction of sp³-hybridized carbons (Fsp3) is 0.235. The Morgan fingerprint density at radius 1 is 1.15 bits per heavy atom. The van der Waals surface area contributed by atoms with Crippen molar-refractivity contribution in [3.63, 3.8) is 0 Å². The van der Waals surface area contributed by atoms with Crippen LogP contribution in [0.4, 0.5) is 18.9 Å². The molecule has 146 valence electrons. The Balaban J connectivity index is 2.23. The number of hydrogen-bond acceptors (Lipinski definition) is 4. The van der Waals surface area contributed by atoms with Crippen LogP contribution < -0.4 is 4.72 Å². The molecule has 0 aliphatic rings. The zero-order valence-corrected chi connectivity index (χ0v) is 15.6. The predicted molar refractivity (Wildman–Crippen MR) is 94.0 cm³/mol. The van der Waals surface area contributed by atoms with E-state index in [0.717, 1.165) is 6.07 Å². The van der Waals surface area contributed by atoms with Gasteiger partial charge in [0.1, 0.15) is 4.90 Å². The van der Waals surface area contributed by atoms with Crippen molar-refractivity contribution >= 4 is 33.3 Å². The van der Waals surface area contributed by atoms with Crippen LogP contribution in [-0.2, 0) is 32.2 Å². The van der Waals surface area contributed by atoms with Crippen LogP contribution in [0.25, 0.3) is 0 Å². The van der Waals surface area contributed by atoms with Gasteiger partial charge in [-0.2, -0.15) is 13.2 Å². The van der Waals surface area contributed by atoms with E-state index in [1.807, 2.05) is 0 Å². The summed E-state index contributed by atoms with van der Waals surface area (Å²) in [6, 6.07) is 7.82. The highest BCUT2D eigenvalue weighted by atomic mass is 35.5. The van der Waals surface area contributed by atoms with Crippen LogP contribution in [0.3, 0.4) is 0 Å². The van der Waals surface area contributed by atoms with E-state index in [2.05, 4.69) is 4.72 Å². The maximum absolute atomic E-state index is 12.8. The standard InChI is InChI=1S/C17H15ClF3NO4S/c1-2-26-16(23)9-11-3-6-13(7-4-11)22-27(24,25)15-10-12(17(19,20)21)5-8-14(15)18/h3-8,10,22H,2,9H2,1H3. The van der Waals surface area contributed by atoms with Crippen LogP contribution >= 0.6 is 11.6 Å². The highest BCUT2D eigenvalue weighted by molar-refractivity contribution is 7.92. The van der Waals surface area contributed by atoms with E-state index in [1.165, 1.54) is 24.3 Å². The first-order valence-corrected chi connectivity index (χ1v) is 9.53. The lowest BCUT2D eigenvalue weighted by Gasteiger charge is -2.13. The molecular weight excluding hydrogens is 407 g/mol. The van der Waals surface area contributed by atoms with E-state index in [0.29, 0.717) is 17.7 Å². The smallest absolute Gasteiger partial charge is 0.416 e. The number of carbonyl (C=O) groups excluding carboxylic acids is 1. The van der Waals surface area contributed by atoms with Crippen molar-refractivity contribution in [1.82, 2.24) is 0 Å². The number of carbonyl (C=O) groups is 1. The van der Waals surface area contributed by atoms with Crippen molar-refractivity contribution in [2.24, 2.45) is 0 Å². The fourth-order valence-electron chi connectivity index (χ4n) is 2.17. The van der Waals surface area contributed by atoms with Gasteiger partial charge in [-0.05, 0) is 42.8 Å². The fourth-order valence-corrected chi connectivity index (χ4v) is 3.75. The molecule has 0 bridgehead atoms. The third-order valence-corrected chi connectivity index (χ3v) is 5.27. The predicted octanol–water partition coefficient (Wildman–Crippen LogP) is 4.27. The van der Waals surface area contributed by atoms with Gasteiger partial charge in [0.25, 0.3) is 10.0 Å². The zero-order valence-electron chi connectivity index (χ0n) is 14.0. The summed E-state index contributed by atoms with van der Waals surface area (Å²) in [5.74, 6) is -0.429. The molecule has 1 N–H and O–H groups in total. The number of sulfonamides is 1. The molecule has 10 heteroatoms. The Hall–Kier alpha value is -2.26. The number of halogens is 4. The number of ether oxygens (including phenoxy) is 1. The molecular formula is C17H15ClF3NO4S. The molecule has 2 aromatic rings. The number of alkyl halides is 3. The Morgan fingerprint density at radius 3 is 2.33 bits per heavy atom. The first-order valence-electron chi connectivity index (χ1n) is 7.67. The van der Waals surface area contributed by atoms with E-state index in [-0.39, 0.29) is 23.7 Å². The molecule has 0 radical (unpaired) electrons. The number of hydrogen-bond donors (Lipinski definition) is 1. The lowest BCUT2D eigenvalue weighted by atomic mass is 10.1. The second kappa shape index (κ2) is 8.18. The minimum atomic E-state index is -4.70. The summed E-state index contributed by atoms with van der Waals surface area (Å²) in [7, 11) is -4.34. The monoisotopic (exact) mass is 421 g/mol. The maximum Gasteiger partial charge on any atom is 0.416 e. The molecule has 0 amide bonds. The van der Waals surface area contributed by atoms with Crippen molar-refractivity contribution in [2.75, 3.05) is 11.3 Å². The lowest BCUT2D eigenvalue weighted by Crippen LogP contribution is -2.15. The van der Waals surface area contributed by atoms with Crippen molar-refractivity contribution < 1.29 is 31.1 Å². The molecule has 5 nitrogen and oxygen atoms in total. The lowest BCUT2D eigenvalue weighted by molar-refractivity contribution is -0.142. The zero-order chi connectivity index (χ0) is 20.2. The van der Waals surface area contributed by atoms with Crippen molar-refractivity contribution in [1.29, 1.82) is 0 Å². The highest BCUT2D eigenvalue weighted by Gasteiger charge is 2.32. The Bertz CT molecular complexity index is 928. The summed E-state index contributed by atoms with van der Waals surface area (Å²) >= 11 is 5.77. The van der Waals surface area contributed by atoms with Gasteiger partial charge in [0, 0.05) is 5.69 Å². The summed E-state index contributed by atoms with van der Waals surface area (Å²) in [5, 5.41) is -0.338. The van der Waals surface area contributed by atoms with Gasteiger partial charge in [0.2, 0.25) is 0 Å². The van der Waals surface area contributed by atoms with Crippen LogP contribution in [-0.4, -0.2) is 21.0 Å². The van der Waals surface area contributed by atoms with Gasteiger partial charge >= 0.3 is 12.1 Å². The van der Waals surface area contributed by atoms with E-state index < -0.39 is 32.6 Å². The second-order valence-corrected chi connectivity index (χ2v) is 7.49. The summed E-state index contributed by atoms with van der Waals surface area (Å²) in [6.07, 6.45) is -4.69. The number of anilines is 1. The third-order valence-electron chi connectivity index (χ3n) is 3.41. The average molecular weight is 422 g/mol. The number of rotatable bonds is 6. The van der Waals surface area contributed by atoms with Gasteiger partial charge in [0.15, 0.2) is 0 Å². The van der Waals surface area contributed by atoms with Gasteiger partial charge in [-0.25, -0.2) is 8.42 Å². The largest absolute Gasteiger partial charge is 0.466 e. The molecule has 0 atom stereocenters. The first kappa shape index (κ1) is 21.0. The minimum Gasteiger partial charge on any atom is -0.466 e. The van der Waals surface area contributed by atoms with Crippen LogP contribution in [0.2, 0.25) is 5.02 Å². The van der Waals surface area contributed by atoms with E-state index in [4.69, 9.17) is 16.3 Å². The molecule has 0 spiro atoms. The van der Waals surface area contributed by atoms with Crippen LogP contribution in [0.1, 0.15) is 18.1 Å². The molecule has 0 aliphatic carbocycles. The molecule has 2 aromatic carbocycles. The molecule has 2 rings (SSSR count). The quantitative estimate of drug-likeness (QED) is 0.707. The summed E-state index contributed by atoms with van der Waals surface area (Å²) in [5.41, 5.74) is -0.429. The number of nitrogens with one attached hydrogen (secondary N) is 1. The van der Waals surface area contributed by atoms with Crippen molar-refractivity contribution in [3.05, 3.63) is 58.6 Å². The third kappa shape index (κ3) is 5.61. The Morgan fingerprint density at radius 2 is 1.78 bits per heavy atom. The highest BCUT2D eigenvalue weighted by Crippen LogP contribution is 2.34. The van der Waals surface area contributed by atoms with E-state index in [1.54, 1.807) is 6.92 Å². The van der Waals surface area contributed by atoms with Crippen LogP contribution in [0.15, 0.2) is 47.4 Å². The summed E-state index contributed by atoms with van der Waals surface area (Å²) in [4.78, 5) is 10.7. The van der Waals surface area contributed by atoms with Gasteiger partial charge in [-0.3, -0.25) is 9.52 Å². The van der Waals surface area contributed by atoms with E-state index >= 15 is 0 Å². The van der Waals surface area contributed by atoms with E-state index in [9.17, 15) is 26.4 Å². The Kier molecular flexibility index (Phi) is 6.38. The molecule has 27 heavy (non-hydrogen) atoms. The van der Waals surface area contributed by atoms with Crippen LogP contribution in [0.5, 0.6) is 0 Å². The molecule has 0 unspecified atom stereocenters.